The summed E-state index contributed by atoms with van der Waals surface area (Å²) in [6.07, 6.45) is 0.542. The van der Waals surface area contributed by atoms with Gasteiger partial charge in [-0.2, -0.15) is 21.9 Å². The van der Waals surface area contributed by atoms with Crippen molar-refractivity contribution in [2.75, 3.05) is 19.5 Å². The molecule has 1 amide bonds. The van der Waals surface area contributed by atoms with Crippen molar-refractivity contribution in [2.45, 2.75) is 36.5 Å². The molecular weight excluding hydrogens is 1080 g/mol. The largest absolute Gasteiger partial charge is 2.00 e. The van der Waals surface area contributed by atoms with Gasteiger partial charge in [0.1, 0.15) is 44.0 Å². The number of benzene rings is 8. The number of fused-ring (bicyclic) bond motifs is 2. The molecule has 8 aromatic rings. The van der Waals surface area contributed by atoms with Gasteiger partial charge in [-0.25, -0.2) is 0 Å². The van der Waals surface area contributed by atoms with Crippen molar-refractivity contribution in [3.8, 4) is 23.0 Å². The monoisotopic (exact) mass is 1120 g/mol. The summed E-state index contributed by atoms with van der Waals surface area (Å²) in [4.78, 5) is 16.2. The first-order valence-corrected chi connectivity index (χ1v) is 25.7. The molecule has 23 heteroatoms. The van der Waals surface area contributed by atoms with Gasteiger partial charge < -0.3 is 30.1 Å². The molecule has 8 aromatic carbocycles. The second kappa shape index (κ2) is 24.7. The summed E-state index contributed by atoms with van der Waals surface area (Å²) in [6.45, 7) is 3.41. The van der Waals surface area contributed by atoms with E-state index in [1.807, 2.05) is 0 Å². The van der Waals surface area contributed by atoms with Crippen LogP contribution in [0.3, 0.4) is 0 Å². The second-order valence-corrected chi connectivity index (χ2v) is 19.3. The van der Waals surface area contributed by atoms with E-state index in [2.05, 4.69) is 30.8 Å². The Morgan fingerprint density at radius 3 is 1.57 bits per heavy atom. The van der Waals surface area contributed by atoms with Crippen molar-refractivity contribution in [2.24, 2.45) is 25.4 Å². The maximum atomic E-state index is 13.4. The number of aliphatic imine (C=N–C) groups is 1. The molecule has 380 valence electrons. The van der Waals surface area contributed by atoms with Crippen LogP contribution in [0.1, 0.15) is 40.9 Å². The summed E-state index contributed by atoms with van der Waals surface area (Å²) >= 11 is 12.4. The van der Waals surface area contributed by atoms with Gasteiger partial charge in [0.05, 0.1) is 41.2 Å². The van der Waals surface area contributed by atoms with Gasteiger partial charge in [0, 0.05) is 10.8 Å². The Kier molecular flexibility index (Phi) is 19.0. The zero-order valence-electron chi connectivity index (χ0n) is 40.1. The SMILES string of the molecule is CCc1ccc(Cl)c(N=Nc2c(O)c(C(=O)Nc3ccccc3OC)cc3ccccc23)c1S(=O)(=O)O.CCc1ccc(Cl)c(N=Nc2c([O-])c(C([O-])=Nc3ccccc3OC)cc3ccccc23)c1S(=O)(=O)O.[Ca+2]. The van der Waals surface area contributed by atoms with Gasteiger partial charge in [-0.05, 0) is 94.7 Å². The molecule has 0 bridgehead atoms. The number of carbonyl (C=O) groups is 1. The van der Waals surface area contributed by atoms with Crippen LogP contribution in [0.5, 0.6) is 23.0 Å². The predicted octanol–water partition coefficient (Wildman–Crippen LogP) is 11.5. The summed E-state index contributed by atoms with van der Waals surface area (Å²) in [5.41, 5.74) is -0.0495. The van der Waals surface area contributed by atoms with Crippen LogP contribution in [0, 0.1) is 0 Å². The number of methoxy groups -OCH3 is 2. The maximum absolute atomic E-state index is 13.4. The zero-order chi connectivity index (χ0) is 53.5. The number of halogens is 2. The first kappa shape index (κ1) is 57.6. The van der Waals surface area contributed by atoms with E-state index in [1.54, 1.807) is 111 Å². The Balaban J connectivity index is 0.000000241. The van der Waals surface area contributed by atoms with Crippen LogP contribution in [0.4, 0.5) is 34.1 Å². The number of ether oxygens (including phenoxy) is 2. The van der Waals surface area contributed by atoms with Crippen LogP contribution < -0.4 is 25.0 Å². The van der Waals surface area contributed by atoms with Gasteiger partial charge in [0.25, 0.3) is 26.1 Å². The number of amides is 1. The van der Waals surface area contributed by atoms with Crippen LogP contribution in [0.25, 0.3) is 21.5 Å². The average molecular weight is 1120 g/mol. The molecule has 0 fully saturated rings. The number of carbonyl (C=O) groups excluding carboxylic acids is 1. The number of nitrogens with zero attached hydrogens (tertiary/aromatic N) is 5. The van der Waals surface area contributed by atoms with Crippen molar-refractivity contribution >= 4 is 149 Å². The molecule has 0 aromatic heterocycles. The van der Waals surface area contributed by atoms with E-state index in [-0.39, 0.29) is 106 Å². The van der Waals surface area contributed by atoms with Crippen LogP contribution in [-0.2, 0) is 33.1 Å². The average Bonchev–Trinajstić information content (AvgIpc) is 3.38. The first-order chi connectivity index (χ1) is 35.3. The minimum absolute atomic E-state index is 0. The van der Waals surface area contributed by atoms with E-state index >= 15 is 0 Å². The Bertz CT molecular complexity index is 3830. The van der Waals surface area contributed by atoms with E-state index in [9.17, 15) is 46.1 Å². The fourth-order valence-corrected chi connectivity index (χ4v) is 10.1. The van der Waals surface area contributed by atoms with Crippen molar-refractivity contribution in [3.63, 3.8) is 0 Å². The topological polar surface area (TPSA) is 284 Å². The minimum Gasteiger partial charge on any atom is -0.871 e. The van der Waals surface area contributed by atoms with E-state index in [0.717, 1.165) is 0 Å². The number of para-hydroxylation sites is 4. The Morgan fingerprint density at radius 1 is 0.613 bits per heavy atom. The Hall–Kier alpha value is -6.72. The number of rotatable bonds is 14. The van der Waals surface area contributed by atoms with Gasteiger partial charge >= 0.3 is 37.7 Å². The standard InChI is InChI=1S/2C26H22ClN3O6S.Ca/c2*1-3-15-12-13-19(27)23(25(15)37(33,34)35)30-29-22-17-9-5-4-8-16(17)14-18(24(22)31)26(32)28-20-10-6-7-11-21(20)36-2;/h2*4-14,31H,3H2,1-2H3,(H,28,32)(H,33,34,35);/q;;+2/p-2. The van der Waals surface area contributed by atoms with Crippen LogP contribution in [0.2, 0.25) is 10.0 Å². The minimum atomic E-state index is -4.72. The molecule has 0 aliphatic heterocycles. The summed E-state index contributed by atoms with van der Waals surface area (Å²) in [5.74, 6) is -1.91. The quantitative estimate of drug-likeness (QED) is 0.0260. The van der Waals surface area contributed by atoms with E-state index in [4.69, 9.17) is 32.7 Å². The van der Waals surface area contributed by atoms with E-state index < -0.39 is 53.3 Å². The van der Waals surface area contributed by atoms with Gasteiger partial charge in [0.15, 0.2) is 5.75 Å². The van der Waals surface area contributed by atoms with E-state index in [0.29, 0.717) is 44.3 Å². The third kappa shape index (κ3) is 12.9. The molecule has 18 nitrogen and oxygen atoms in total. The molecule has 0 atom stereocenters. The van der Waals surface area contributed by atoms with Gasteiger partial charge in [-0.1, -0.05) is 128 Å². The molecule has 0 saturated carbocycles. The number of aryl methyl sites for hydroxylation is 2. The third-order valence-corrected chi connectivity index (χ3v) is 13.8. The van der Waals surface area contributed by atoms with Gasteiger partial charge in [-0.15, -0.1) is 15.3 Å². The summed E-state index contributed by atoms with van der Waals surface area (Å²) < 4.78 is 78.6. The fraction of sp³-hybridized carbons (Fsp3) is 0.115. The second-order valence-electron chi connectivity index (χ2n) is 15.7. The Morgan fingerprint density at radius 2 is 1.05 bits per heavy atom. The molecular formula is C52H42CaCl2N6O12S2. The van der Waals surface area contributed by atoms with Crippen LogP contribution in [-0.4, -0.2) is 94.8 Å². The van der Waals surface area contributed by atoms with Crippen LogP contribution in [0.15, 0.2) is 169 Å². The van der Waals surface area contributed by atoms with Crippen LogP contribution >= 0.6 is 23.2 Å². The van der Waals surface area contributed by atoms with Crippen molar-refractivity contribution in [1.82, 2.24) is 0 Å². The number of nitrogens with one attached hydrogen (secondary N) is 1. The van der Waals surface area contributed by atoms with Crippen molar-refractivity contribution < 1.29 is 55.5 Å². The third-order valence-electron chi connectivity index (χ3n) is 11.2. The molecule has 0 aliphatic carbocycles. The number of anilines is 1. The molecule has 0 radical (unpaired) electrons. The number of phenolic OH excluding ortho intramolecular Hbond substituents is 1. The molecule has 75 heavy (non-hydrogen) atoms. The van der Waals surface area contributed by atoms with Crippen molar-refractivity contribution in [1.29, 1.82) is 0 Å². The summed E-state index contributed by atoms with van der Waals surface area (Å²) in [7, 11) is -6.51. The maximum Gasteiger partial charge on any atom is 2.00 e. The van der Waals surface area contributed by atoms with Gasteiger partial charge in [0.2, 0.25) is 0 Å². The number of hydrogen-bond acceptors (Lipinski definition) is 15. The van der Waals surface area contributed by atoms with Gasteiger partial charge in [-0.3, -0.25) is 18.9 Å². The molecule has 0 aliphatic rings. The molecule has 0 spiro atoms. The molecule has 0 heterocycles. The van der Waals surface area contributed by atoms with Crippen molar-refractivity contribution in [3.05, 3.63) is 166 Å². The zero-order valence-corrected chi connectivity index (χ0v) is 45.5. The number of azo groups is 2. The predicted molar refractivity (Wildman–Crippen MR) is 285 cm³/mol. The summed E-state index contributed by atoms with van der Waals surface area (Å²) in [6, 6.07) is 35.6. The molecule has 8 rings (SSSR count). The smallest absolute Gasteiger partial charge is 0.871 e. The molecule has 4 N–H and O–H groups in total. The number of hydrogen-bond donors (Lipinski definition) is 4. The first-order valence-electron chi connectivity index (χ1n) is 22.0. The molecule has 0 unspecified atom stereocenters. The number of aromatic hydroxyl groups is 1. The molecule has 0 saturated heterocycles. The summed E-state index contributed by atoms with van der Waals surface area (Å²) in [5, 5.41) is 58.2. The van der Waals surface area contributed by atoms with E-state index in [1.165, 1.54) is 50.6 Å². The fourth-order valence-electron chi connectivity index (χ4n) is 7.69. The Labute approximate surface area is 470 Å². The number of phenols is 1. The normalized spacial score (nSPS) is 11.9.